The van der Waals surface area contributed by atoms with Crippen molar-refractivity contribution in [2.24, 2.45) is 0 Å². The molecule has 0 saturated carbocycles. The van der Waals surface area contributed by atoms with Crippen molar-refractivity contribution in [1.29, 1.82) is 0 Å². The van der Waals surface area contributed by atoms with Crippen LogP contribution in [0.4, 0.5) is 5.69 Å². The number of rotatable bonds is 2. The molecule has 1 heterocycles. The summed E-state index contributed by atoms with van der Waals surface area (Å²) in [6.45, 7) is 0. The fourth-order valence-corrected chi connectivity index (χ4v) is 2.24. The van der Waals surface area contributed by atoms with E-state index in [9.17, 15) is 0 Å². The minimum absolute atomic E-state index is 0.340. The van der Waals surface area contributed by atoms with E-state index in [0.717, 1.165) is 0 Å². The molecule has 0 aliphatic heterocycles. The Kier molecular flexibility index (Phi) is 4.22. The van der Waals surface area contributed by atoms with Crippen LogP contribution in [0.1, 0.15) is 0 Å². The van der Waals surface area contributed by atoms with E-state index in [4.69, 9.17) is 45.3 Å². The van der Waals surface area contributed by atoms with E-state index in [2.05, 4.69) is 20.9 Å². The van der Waals surface area contributed by atoms with Crippen LogP contribution in [0.3, 0.4) is 0 Å². The number of aromatic nitrogens is 1. The predicted molar refractivity (Wildman–Crippen MR) is 77.9 cm³/mol. The standard InChI is InChI=1S/C11H6BrCl3N2O/c12-5-3-17-4-9(16)11(5)18-10-2-7(14)6(13)1-8(10)15/h1-4H,16H2. The summed E-state index contributed by atoms with van der Waals surface area (Å²) in [7, 11) is 0. The normalized spacial score (nSPS) is 10.4. The molecule has 0 atom stereocenters. The van der Waals surface area contributed by atoms with Gasteiger partial charge in [-0.25, -0.2) is 0 Å². The van der Waals surface area contributed by atoms with E-state index in [0.29, 0.717) is 36.7 Å². The second-order valence-corrected chi connectivity index (χ2v) is 5.41. The number of halogens is 4. The predicted octanol–water partition coefficient (Wildman–Crippen LogP) is 5.18. The van der Waals surface area contributed by atoms with Crippen LogP contribution in [-0.2, 0) is 0 Å². The van der Waals surface area contributed by atoms with Gasteiger partial charge in [0.2, 0.25) is 0 Å². The molecule has 0 spiro atoms. The smallest absolute Gasteiger partial charge is 0.167 e. The zero-order chi connectivity index (χ0) is 13.3. The van der Waals surface area contributed by atoms with E-state index in [1.165, 1.54) is 18.3 Å². The number of hydrogen-bond acceptors (Lipinski definition) is 3. The lowest BCUT2D eigenvalue weighted by molar-refractivity contribution is 0.481. The molecule has 1 aromatic heterocycles. The Hall–Kier alpha value is -0.680. The number of hydrogen-bond donors (Lipinski definition) is 1. The summed E-state index contributed by atoms with van der Waals surface area (Å²) in [5, 5.41) is 1.04. The number of nitrogens with zero attached hydrogens (tertiary/aromatic N) is 1. The average Bonchev–Trinajstić information content (AvgIpc) is 2.30. The first-order valence-corrected chi connectivity index (χ1v) is 6.63. The van der Waals surface area contributed by atoms with Gasteiger partial charge in [0.25, 0.3) is 0 Å². The van der Waals surface area contributed by atoms with Crippen LogP contribution >= 0.6 is 50.7 Å². The maximum absolute atomic E-state index is 6.02. The molecule has 0 bridgehead atoms. The number of benzene rings is 1. The third kappa shape index (κ3) is 2.83. The van der Waals surface area contributed by atoms with Crippen molar-refractivity contribution in [3.05, 3.63) is 44.1 Å². The van der Waals surface area contributed by atoms with Crippen LogP contribution in [0.5, 0.6) is 11.5 Å². The average molecular weight is 368 g/mol. The second kappa shape index (κ2) is 5.53. The van der Waals surface area contributed by atoms with Gasteiger partial charge in [-0.2, -0.15) is 0 Å². The molecule has 18 heavy (non-hydrogen) atoms. The Bertz CT molecular complexity index is 587. The first kappa shape index (κ1) is 13.7. The van der Waals surface area contributed by atoms with Crippen LogP contribution < -0.4 is 10.5 Å². The number of ether oxygens (including phenoxy) is 1. The highest BCUT2D eigenvalue weighted by Gasteiger charge is 2.12. The Morgan fingerprint density at radius 2 is 1.72 bits per heavy atom. The SMILES string of the molecule is Nc1cncc(Br)c1Oc1cc(Cl)c(Cl)cc1Cl. The second-order valence-electron chi connectivity index (χ2n) is 3.34. The van der Waals surface area contributed by atoms with Crippen LogP contribution in [-0.4, -0.2) is 4.98 Å². The molecule has 2 rings (SSSR count). The molecule has 1 aromatic carbocycles. The fraction of sp³-hybridized carbons (Fsp3) is 0. The van der Waals surface area contributed by atoms with Gasteiger partial charge in [-0.15, -0.1) is 0 Å². The van der Waals surface area contributed by atoms with Crippen molar-refractivity contribution >= 4 is 56.4 Å². The van der Waals surface area contributed by atoms with Gasteiger partial charge in [0.1, 0.15) is 5.75 Å². The molecule has 0 aliphatic rings. The minimum atomic E-state index is 0.340. The quantitative estimate of drug-likeness (QED) is 0.743. The van der Waals surface area contributed by atoms with Crippen molar-refractivity contribution in [1.82, 2.24) is 4.98 Å². The molecule has 2 N–H and O–H groups in total. The summed E-state index contributed by atoms with van der Waals surface area (Å²) in [5.41, 5.74) is 6.15. The highest BCUT2D eigenvalue weighted by Crippen LogP contribution is 2.40. The zero-order valence-corrected chi connectivity index (χ0v) is 12.6. The number of pyridine rings is 1. The summed E-state index contributed by atoms with van der Waals surface area (Å²) < 4.78 is 6.24. The Morgan fingerprint density at radius 3 is 2.39 bits per heavy atom. The van der Waals surface area contributed by atoms with Crippen molar-refractivity contribution < 1.29 is 4.74 Å². The first-order valence-electron chi connectivity index (χ1n) is 4.70. The van der Waals surface area contributed by atoms with Crippen molar-refractivity contribution in [3.8, 4) is 11.5 Å². The summed E-state index contributed by atoms with van der Waals surface area (Å²) in [5.74, 6) is 0.787. The topological polar surface area (TPSA) is 48.1 Å². The van der Waals surface area contributed by atoms with Crippen LogP contribution in [0.2, 0.25) is 15.1 Å². The van der Waals surface area contributed by atoms with Gasteiger partial charge in [-0.05, 0) is 22.0 Å². The Labute approximate surface area is 127 Å². The van der Waals surface area contributed by atoms with E-state index in [1.807, 2.05) is 0 Å². The maximum atomic E-state index is 6.02. The Morgan fingerprint density at radius 1 is 1.06 bits per heavy atom. The summed E-state index contributed by atoms with van der Waals surface area (Å²) >= 11 is 21.1. The molecule has 7 heteroatoms. The molecule has 0 fully saturated rings. The summed E-state index contributed by atoms with van der Waals surface area (Å²) in [6.07, 6.45) is 3.04. The lowest BCUT2D eigenvalue weighted by atomic mass is 10.3. The molecule has 94 valence electrons. The summed E-state index contributed by atoms with van der Waals surface area (Å²) in [6, 6.07) is 3.03. The van der Waals surface area contributed by atoms with Crippen LogP contribution in [0.25, 0.3) is 0 Å². The monoisotopic (exact) mass is 366 g/mol. The van der Waals surface area contributed by atoms with Crippen molar-refractivity contribution in [2.45, 2.75) is 0 Å². The van der Waals surface area contributed by atoms with Crippen molar-refractivity contribution in [3.63, 3.8) is 0 Å². The lowest BCUT2D eigenvalue weighted by Gasteiger charge is -2.11. The van der Waals surface area contributed by atoms with E-state index < -0.39 is 0 Å². The number of nitrogens with two attached hydrogens (primary N) is 1. The molecule has 3 nitrogen and oxygen atoms in total. The molecule has 0 amide bonds. The van der Waals surface area contributed by atoms with E-state index in [-0.39, 0.29) is 0 Å². The number of anilines is 1. The van der Waals surface area contributed by atoms with E-state index >= 15 is 0 Å². The van der Waals surface area contributed by atoms with Gasteiger partial charge >= 0.3 is 0 Å². The Balaban J connectivity index is 2.43. The third-order valence-corrected chi connectivity index (χ3v) is 3.65. The van der Waals surface area contributed by atoms with Gasteiger partial charge < -0.3 is 10.5 Å². The van der Waals surface area contributed by atoms with Gasteiger partial charge in [0, 0.05) is 12.3 Å². The largest absolute Gasteiger partial charge is 0.452 e. The summed E-state index contributed by atoms with van der Waals surface area (Å²) in [4.78, 5) is 3.91. The van der Waals surface area contributed by atoms with Crippen molar-refractivity contribution in [2.75, 3.05) is 5.73 Å². The van der Waals surface area contributed by atoms with Crippen LogP contribution in [0.15, 0.2) is 29.0 Å². The van der Waals surface area contributed by atoms with Gasteiger partial charge in [-0.1, -0.05) is 34.8 Å². The third-order valence-electron chi connectivity index (χ3n) is 2.07. The maximum Gasteiger partial charge on any atom is 0.167 e. The molecule has 0 saturated heterocycles. The lowest BCUT2D eigenvalue weighted by Crippen LogP contribution is -1.94. The molecule has 0 unspecified atom stereocenters. The van der Waals surface area contributed by atoms with Gasteiger partial charge in [-0.3, -0.25) is 4.98 Å². The van der Waals surface area contributed by atoms with Gasteiger partial charge in [0.05, 0.1) is 31.4 Å². The fourth-order valence-electron chi connectivity index (χ4n) is 1.24. The number of nitrogen functional groups attached to an aromatic ring is 1. The first-order chi connectivity index (χ1) is 8.49. The molecular weight excluding hydrogens is 362 g/mol. The van der Waals surface area contributed by atoms with Gasteiger partial charge in [0.15, 0.2) is 5.75 Å². The zero-order valence-electron chi connectivity index (χ0n) is 8.75. The molecule has 2 aromatic rings. The van der Waals surface area contributed by atoms with E-state index in [1.54, 1.807) is 6.20 Å². The minimum Gasteiger partial charge on any atom is -0.452 e. The molecule has 0 aliphatic carbocycles. The van der Waals surface area contributed by atoms with Crippen LogP contribution in [0, 0.1) is 0 Å². The molecular formula is C11H6BrCl3N2O. The molecule has 0 radical (unpaired) electrons. The highest BCUT2D eigenvalue weighted by atomic mass is 79.9. The highest BCUT2D eigenvalue weighted by molar-refractivity contribution is 9.10.